The third-order valence-electron chi connectivity index (χ3n) is 4.14. The summed E-state index contributed by atoms with van der Waals surface area (Å²) in [4.78, 5) is 25.0. The van der Waals surface area contributed by atoms with Crippen LogP contribution >= 0.6 is 0 Å². The summed E-state index contributed by atoms with van der Waals surface area (Å²) in [6.07, 6.45) is 1.80. The summed E-state index contributed by atoms with van der Waals surface area (Å²) in [6, 6.07) is 8.59. The summed E-state index contributed by atoms with van der Waals surface area (Å²) in [5.41, 5.74) is 0.586. The van der Waals surface area contributed by atoms with Gasteiger partial charge in [0.2, 0.25) is 5.91 Å². The average molecular weight is 317 g/mol. The van der Waals surface area contributed by atoms with Gasteiger partial charge >= 0.3 is 0 Å². The van der Waals surface area contributed by atoms with Crippen molar-refractivity contribution < 1.29 is 9.59 Å². The number of rotatable bonds is 6. The Hall–Kier alpha value is -1.88. The van der Waals surface area contributed by atoms with Gasteiger partial charge in [-0.3, -0.25) is 9.59 Å². The molecule has 5 nitrogen and oxygen atoms in total. The lowest BCUT2D eigenvalue weighted by atomic mass is 9.89. The Balaban J connectivity index is 2.06. The molecule has 5 heteroatoms. The third kappa shape index (κ3) is 5.36. The Morgan fingerprint density at radius 3 is 2.43 bits per heavy atom. The molecular weight excluding hydrogens is 290 g/mol. The van der Waals surface area contributed by atoms with Gasteiger partial charge in [-0.1, -0.05) is 32.0 Å². The van der Waals surface area contributed by atoms with Gasteiger partial charge in [0.15, 0.2) is 0 Å². The number of hydrogen-bond acceptors (Lipinski definition) is 3. The van der Waals surface area contributed by atoms with Gasteiger partial charge in [0.25, 0.3) is 5.91 Å². The molecule has 0 aromatic heterocycles. The quantitative estimate of drug-likeness (QED) is 0.746. The van der Waals surface area contributed by atoms with Gasteiger partial charge in [-0.05, 0) is 49.9 Å². The third-order valence-corrected chi connectivity index (χ3v) is 4.14. The molecule has 126 valence electrons. The van der Waals surface area contributed by atoms with Crippen LogP contribution in [0.1, 0.15) is 37.0 Å². The SMILES string of the molecule is CC(C)CNC(=O)C(NC(=O)c1ccccc1)C1CCNCC1. The van der Waals surface area contributed by atoms with Crippen LogP contribution in [-0.2, 0) is 4.79 Å². The molecule has 1 saturated heterocycles. The van der Waals surface area contributed by atoms with Crippen molar-refractivity contribution in [3.8, 4) is 0 Å². The van der Waals surface area contributed by atoms with E-state index in [1.54, 1.807) is 12.1 Å². The van der Waals surface area contributed by atoms with E-state index in [0.29, 0.717) is 18.0 Å². The molecule has 0 saturated carbocycles. The molecule has 1 aliphatic rings. The number of piperidine rings is 1. The van der Waals surface area contributed by atoms with Crippen molar-refractivity contribution in [3.05, 3.63) is 35.9 Å². The smallest absolute Gasteiger partial charge is 0.251 e. The van der Waals surface area contributed by atoms with Gasteiger partial charge < -0.3 is 16.0 Å². The van der Waals surface area contributed by atoms with E-state index in [9.17, 15) is 9.59 Å². The van der Waals surface area contributed by atoms with E-state index in [4.69, 9.17) is 0 Å². The molecule has 0 radical (unpaired) electrons. The summed E-state index contributed by atoms with van der Waals surface area (Å²) in [6.45, 7) is 6.52. The monoisotopic (exact) mass is 317 g/mol. The van der Waals surface area contributed by atoms with Gasteiger partial charge in [0.05, 0.1) is 0 Å². The number of hydrogen-bond donors (Lipinski definition) is 3. The number of carbonyl (C=O) groups is 2. The normalized spacial score (nSPS) is 16.8. The Morgan fingerprint density at radius 1 is 1.17 bits per heavy atom. The van der Waals surface area contributed by atoms with Gasteiger partial charge in [-0.15, -0.1) is 0 Å². The predicted octanol–water partition coefficient (Wildman–Crippen LogP) is 1.56. The first-order valence-corrected chi connectivity index (χ1v) is 8.42. The molecule has 2 amide bonds. The second kappa shape index (κ2) is 8.67. The van der Waals surface area contributed by atoms with E-state index in [1.165, 1.54) is 0 Å². The predicted molar refractivity (Wildman–Crippen MR) is 91.1 cm³/mol. The molecule has 1 fully saturated rings. The van der Waals surface area contributed by atoms with E-state index in [2.05, 4.69) is 29.8 Å². The highest BCUT2D eigenvalue weighted by Gasteiger charge is 2.31. The maximum atomic E-state index is 12.6. The maximum Gasteiger partial charge on any atom is 0.251 e. The Labute approximate surface area is 138 Å². The highest BCUT2D eigenvalue weighted by molar-refractivity contribution is 5.97. The van der Waals surface area contributed by atoms with Crippen LogP contribution in [0.4, 0.5) is 0 Å². The topological polar surface area (TPSA) is 70.2 Å². The van der Waals surface area contributed by atoms with E-state index >= 15 is 0 Å². The van der Waals surface area contributed by atoms with Crippen molar-refractivity contribution in [2.24, 2.45) is 11.8 Å². The molecule has 1 atom stereocenters. The van der Waals surface area contributed by atoms with Crippen molar-refractivity contribution in [1.82, 2.24) is 16.0 Å². The van der Waals surface area contributed by atoms with Gasteiger partial charge in [0.1, 0.15) is 6.04 Å². The van der Waals surface area contributed by atoms with Gasteiger partial charge in [-0.2, -0.15) is 0 Å². The first-order valence-electron chi connectivity index (χ1n) is 8.42. The van der Waals surface area contributed by atoms with Crippen LogP contribution in [0.3, 0.4) is 0 Å². The van der Waals surface area contributed by atoms with E-state index in [-0.39, 0.29) is 17.7 Å². The fourth-order valence-corrected chi connectivity index (χ4v) is 2.80. The lowest BCUT2D eigenvalue weighted by molar-refractivity contribution is -0.124. The molecule has 2 rings (SSSR count). The average Bonchev–Trinajstić information content (AvgIpc) is 2.59. The molecule has 1 aromatic carbocycles. The minimum atomic E-state index is -0.469. The minimum absolute atomic E-state index is 0.0742. The van der Waals surface area contributed by atoms with Crippen LogP contribution in [0.2, 0.25) is 0 Å². The number of carbonyl (C=O) groups excluding carboxylic acids is 2. The first kappa shape index (κ1) is 17.5. The molecule has 1 aromatic rings. The second-order valence-electron chi connectivity index (χ2n) is 6.54. The molecular formula is C18H27N3O2. The highest BCUT2D eigenvalue weighted by Crippen LogP contribution is 2.17. The lowest BCUT2D eigenvalue weighted by Crippen LogP contribution is -2.53. The molecule has 1 heterocycles. The fraction of sp³-hybridized carbons (Fsp3) is 0.556. The van der Waals surface area contributed by atoms with Gasteiger partial charge in [0, 0.05) is 12.1 Å². The van der Waals surface area contributed by atoms with Crippen LogP contribution in [-0.4, -0.2) is 37.5 Å². The zero-order valence-electron chi connectivity index (χ0n) is 14.0. The zero-order valence-corrected chi connectivity index (χ0v) is 14.0. The van der Waals surface area contributed by atoms with E-state index < -0.39 is 6.04 Å². The minimum Gasteiger partial charge on any atom is -0.354 e. The van der Waals surface area contributed by atoms with Crippen LogP contribution in [0, 0.1) is 11.8 Å². The summed E-state index contributed by atoms with van der Waals surface area (Å²) in [5.74, 6) is 0.303. The molecule has 3 N–H and O–H groups in total. The summed E-state index contributed by atoms with van der Waals surface area (Å²) >= 11 is 0. The summed E-state index contributed by atoms with van der Waals surface area (Å²) < 4.78 is 0. The summed E-state index contributed by atoms with van der Waals surface area (Å²) in [7, 11) is 0. The van der Waals surface area contributed by atoms with Crippen LogP contribution < -0.4 is 16.0 Å². The Kier molecular flexibility index (Phi) is 6.59. The van der Waals surface area contributed by atoms with Crippen molar-refractivity contribution >= 4 is 11.8 Å². The standard InChI is InChI=1S/C18H27N3O2/c1-13(2)12-20-18(23)16(14-8-10-19-11-9-14)21-17(22)15-6-4-3-5-7-15/h3-7,13-14,16,19H,8-12H2,1-2H3,(H,20,23)(H,21,22). The largest absolute Gasteiger partial charge is 0.354 e. The van der Waals surface area contributed by atoms with Gasteiger partial charge in [-0.25, -0.2) is 0 Å². The van der Waals surface area contributed by atoms with E-state index in [0.717, 1.165) is 25.9 Å². The maximum absolute atomic E-state index is 12.6. The molecule has 0 aliphatic carbocycles. The second-order valence-corrected chi connectivity index (χ2v) is 6.54. The number of nitrogens with one attached hydrogen (secondary N) is 3. The molecule has 0 bridgehead atoms. The summed E-state index contributed by atoms with van der Waals surface area (Å²) in [5, 5.41) is 9.21. The van der Waals surface area contributed by atoms with Crippen LogP contribution in [0.15, 0.2) is 30.3 Å². The van der Waals surface area contributed by atoms with Crippen molar-refractivity contribution in [2.45, 2.75) is 32.7 Å². The molecule has 23 heavy (non-hydrogen) atoms. The van der Waals surface area contributed by atoms with Crippen LogP contribution in [0.25, 0.3) is 0 Å². The Bertz CT molecular complexity index is 510. The van der Waals surface area contributed by atoms with Crippen LogP contribution in [0.5, 0.6) is 0 Å². The molecule has 0 spiro atoms. The molecule has 1 aliphatic heterocycles. The molecule has 1 unspecified atom stereocenters. The zero-order chi connectivity index (χ0) is 16.7. The van der Waals surface area contributed by atoms with Crippen molar-refractivity contribution in [3.63, 3.8) is 0 Å². The van der Waals surface area contributed by atoms with Crippen molar-refractivity contribution in [2.75, 3.05) is 19.6 Å². The highest BCUT2D eigenvalue weighted by atomic mass is 16.2. The lowest BCUT2D eigenvalue weighted by Gasteiger charge is -2.30. The first-order chi connectivity index (χ1) is 11.1. The number of amides is 2. The fourth-order valence-electron chi connectivity index (χ4n) is 2.80. The van der Waals surface area contributed by atoms with Crippen molar-refractivity contribution in [1.29, 1.82) is 0 Å². The van der Waals surface area contributed by atoms with E-state index in [1.807, 2.05) is 18.2 Å². The number of benzene rings is 1. The Morgan fingerprint density at radius 2 is 1.83 bits per heavy atom.